The molecule has 319 valence electrons. The average Bonchev–Trinajstić information content (AvgIpc) is 3.87. The Labute approximate surface area is 392 Å². The number of aryl methyl sites for hydroxylation is 1. The molecule has 0 bridgehead atoms. The van der Waals surface area contributed by atoms with Gasteiger partial charge in [0.2, 0.25) is 0 Å². The smallest absolute Gasteiger partial charge is 0.128 e. The molecule has 0 unspecified atom stereocenters. The first-order valence-corrected chi connectivity index (χ1v) is 25.1. The summed E-state index contributed by atoms with van der Waals surface area (Å²) in [5, 5.41) is 8.15. The second kappa shape index (κ2) is 17.5. The van der Waals surface area contributed by atoms with Crippen molar-refractivity contribution in [2.75, 3.05) is 0 Å². The van der Waals surface area contributed by atoms with Crippen LogP contribution in [0.3, 0.4) is 0 Å². The Morgan fingerprint density at radius 1 is 0.683 bits per heavy atom. The van der Waals surface area contributed by atoms with Gasteiger partial charge < -0.3 is 14.0 Å². The van der Waals surface area contributed by atoms with E-state index >= 15 is 0 Å². The number of para-hydroxylation sites is 3. The maximum Gasteiger partial charge on any atom is 0.128 e. The SMILES string of the molecule is CC(C)c1cccc(C(C)C)c1-n1c(-c2[c-]ccc3c2oc2c3ccc3c4ccccc4ccc32)nc2ccccc21.[2H]C([2H])([2H])c1c[c-]c(-c2cc(C([2H])(C)C)c([Si](C)(C)C)cn2)cc1.[Ir]. The van der Waals surface area contributed by atoms with Crippen LogP contribution in [0, 0.1) is 19.0 Å². The zero-order valence-corrected chi connectivity index (χ0v) is 40.8. The van der Waals surface area contributed by atoms with Crippen molar-refractivity contribution in [3.05, 3.63) is 168 Å². The minimum atomic E-state index is -2.13. The number of rotatable bonds is 7. The van der Waals surface area contributed by atoms with Gasteiger partial charge in [-0.25, -0.2) is 0 Å². The van der Waals surface area contributed by atoms with Gasteiger partial charge in [0, 0.05) is 48.2 Å². The van der Waals surface area contributed by atoms with Gasteiger partial charge in [-0.05, 0) is 68.0 Å². The van der Waals surface area contributed by atoms with Gasteiger partial charge in [-0.1, -0.05) is 169 Å². The molecule has 0 spiro atoms. The summed E-state index contributed by atoms with van der Waals surface area (Å²) in [6.07, 6.45) is 1.89. The Bertz CT molecular complexity index is 3420. The maximum absolute atomic E-state index is 8.48. The third-order valence-electron chi connectivity index (χ3n) is 12.0. The van der Waals surface area contributed by atoms with Gasteiger partial charge in [-0.2, -0.15) is 0 Å². The van der Waals surface area contributed by atoms with E-state index in [-0.39, 0.29) is 25.7 Å². The molecule has 10 rings (SSSR count). The number of fused-ring (bicyclic) bond motifs is 8. The van der Waals surface area contributed by atoms with Crippen LogP contribution in [0.1, 0.15) is 87.0 Å². The van der Waals surface area contributed by atoms with E-state index in [1.54, 1.807) is 12.1 Å². The molecule has 63 heavy (non-hydrogen) atoms. The summed E-state index contributed by atoms with van der Waals surface area (Å²) in [7, 11) is -1.61. The van der Waals surface area contributed by atoms with Crippen LogP contribution in [0.15, 0.2) is 138 Å². The minimum absolute atomic E-state index is 0. The Kier molecular flexibility index (Phi) is 10.8. The molecule has 0 saturated heterocycles. The summed E-state index contributed by atoms with van der Waals surface area (Å²) in [6.45, 7) is 17.5. The van der Waals surface area contributed by atoms with Gasteiger partial charge in [0.05, 0.1) is 30.5 Å². The number of hydrogen-bond donors (Lipinski definition) is 0. The predicted molar refractivity (Wildman–Crippen MR) is 266 cm³/mol. The summed E-state index contributed by atoms with van der Waals surface area (Å²) in [6, 6.07) is 50.0. The molecular formula is C57H55IrN3OSi-2. The molecule has 0 N–H and O–H groups in total. The molecule has 3 heterocycles. The van der Waals surface area contributed by atoms with Crippen molar-refractivity contribution in [2.45, 2.75) is 85.8 Å². The van der Waals surface area contributed by atoms with Crippen LogP contribution in [-0.2, 0) is 20.1 Å². The van der Waals surface area contributed by atoms with Crippen LogP contribution in [0.25, 0.3) is 82.8 Å². The third kappa shape index (κ3) is 8.10. The van der Waals surface area contributed by atoms with E-state index in [4.69, 9.17) is 14.9 Å². The first-order chi connectivity index (χ1) is 31.3. The van der Waals surface area contributed by atoms with E-state index in [1.165, 1.54) is 44.2 Å². The fourth-order valence-corrected chi connectivity index (χ4v) is 10.4. The number of nitrogens with zero attached hydrogens (tertiary/aromatic N) is 3. The van der Waals surface area contributed by atoms with E-state index in [2.05, 4.69) is 166 Å². The van der Waals surface area contributed by atoms with Crippen LogP contribution in [0.5, 0.6) is 0 Å². The first kappa shape index (κ1) is 39.0. The summed E-state index contributed by atoms with van der Waals surface area (Å²) in [5.74, 6) is 0.830. The van der Waals surface area contributed by atoms with Gasteiger partial charge in [0.1, 0.15) is 5.58 Å². The van der Waals surface area contributed by atoms with Crippen LogP contribution < -0.4 is 5.19 Å². The van der Waals surface area contributed by atoms with Gasteiger partial charge in [-0.15, -0.1) is 53.6 Å². The second-order valence-electron chi connectivity index (χ2n) is 18.2. The van der Waals surface area contributed by atoms with Crippen molar-refractivity contribution >= 4 is 67.8 Å². The number of pyridine rings is 1. The average molecular weight is 1020 g/mol. The fourth-order valence-electron chi connectivity index (χ4n) is 8.84. The molecule has 0 amide bonds. The van der Waals surface area contributed by atoms with Crippen molar-refractivity contribution in [1.82, 2.24) is 14.5 Å². The zero-order chi connectivity index (χ0) is 46.9. The molecule has 1 radical (unpaired) electrons. The predicted octanol–water partition coefficient (Wildman–Crippen LogP) is 15.5. The largest absolute Gasteiger partial charge is 0.500 e. The molecule has 10 aromatic rings. The van der Waals surface area contributed by atoms with Gasteiger partial charge >= 0.3 is 0 Å². The molecule has 0 atom stereocenters. The van der Waals surface area contributed by atoms with Crippen LogP contribution >= 0.6 is 0 Å². The van der Waals surface area contributed by atoms with Crippen molar-refractivity contribution in [3.8, 4) is 28.3 Å². The van der Waals surface area contributed by atoms with Crippen LogP contribution in [0.4, 0.5) is 0 Å². The molecule has 0 aliphatic carbocycles. The molecule has 7 aromatic carbocycles. The molecule has 0 saturated carbocycles. The quantitative estimate of drug-likeness (QED) is 0.0908. The topological polar surface area (TPSA) is 43.9 Å². The molecule has 0 fully saturated rings. The van der Waals surface area contributed by atoms with Crippen molar-refractivity contribution in [3.63, 3.8) is 0 Å². The molecular weight excluding hydrogens is 963 g/mol. The van der Waals surface area contributed by atoms with E-state index in [9.17, 15) is 0 Å². The Morgan fingerprint density at radius 2 is 1.37 bits per heavy atom. The molecule has 0 aliphatic rings. The van der Waals surface area contributed by atoms with Gasteiger partial charge in [-0.3, -0.25) is 4.98 Å². The summed E-state index contributed by atoms with van der Waals surface area (Å²) in [4.78, 5) is 9.82. The standard InChI is InChI=1S/C39H31N2O.C18H24NSi.Ir/c1-23(2)26-13-9-14-27(24(3)4)36(26)41-35-18-8-7-17-34(35)40-39(41)33-16-10-15-30-32-22-21-29-28-12-6-5-11-25(28)19-20-31(29)37(32)42-38(30)33;1-13(2)16-11-17(15-9-7-14(3)8-10-15)19-12-18(16)20(4,5)6;/h5-15,17-24H,1-4H3;7-9,11-13H,1-6H3;/q2*-1;/i;3D3,13D;. The molecule has 0 aliphatic heterocycles. The molecule has 4 nitrogen and oxygen atoms in total. The van der Waals surface area contributed by atoms with E-state index < -0.39 is 20.8 Å². The zero-order valence-electron chi connectivity index (χ0n) is 41.4. The first-order valence-electron chi connectivity index (χ1n) is 23.6. The van der Waals surface area contributed by atoms with Gasteiger partial charge in [0.25, 0.3) is 0 Å². The van der Waals surface area contributed by atoms with E-state index in [1.807, 2.05) is 32.2 Å². The monoisotopic (exact) mass is 1020 g/mol. The number of hydrogen-bond acceptors (Lipinski definition) is 3. The van der Waals surface area contributed by atoms with Gasteiger partial charge in [0.15, 0.2) is 0 Å². The summed E-state index contributed by atoms with van der Waals surface area (Å²) < 4.78 is 40.0. The second-order valence-corrected chi connectivity index (χ2v) is 23.3. The van der Waals surface area contributed by atoms with Crippen molar-refractivity contribution in [2.24, 2.45) is 0 Å². The van der Waals surface area contributed by atoms with Crippen LogP contribution in [0.2, 0.25) is 19.6 Å². The number of aromatic nitrogens is 3. The van der Waals surface area contributed by atoms with E-state index in [0.717, 1.165) is 66.6 Å². The summed E-state index contributed by atoms with van der Waals surface area (Å²) in [5.41, 5.74) is 11.2. The Hall–Kier alpha value is -5.65. The Balaban J connectivity index is 0.000000209. The van der Waals surface area contributed by atoms with Crippen molar-refractivity contribution < 1.29 is 30.0 Å². The third-order valence-corrected chi connectivity index (χ3v) is 14.0. The Morgan fingerprint density at radius 3 is 2.06 bits per heavy atom. The van der Waals surface area contributed by atoms with E-state index in [0.29, 0.717) is 11.8 Å². The van der Waals surface area contributed by atoms with Crippen LogP contribution in [-0.4, -0.2) is 22.6 Å². The fraction of sp³-hybridized carbons (Fsp3) is 0.228. The minimum Gasteiger partial charge on any atom is -0.500 e. The number of benzene rings is 7. The normalized spacial score (nSPS) is 13.3. The molecule has 6 heteroatoms. The number of furan rings is 1. The maximum atomic E-state index is 8.48. The van der Waals surface area contributed by atoms with Crippen molar-refractivity contribution in [1.29, 1.82) is 0 Å². The summed E-state index contributed by atoms with van der Waals surface area (Å²) >= 11 is 0. The molecule has 3 aromatic heterocycles. The number of imidazole rings is 1.